The number of benzene rings is 6. The molecule has 0 radical (unpaired) electrons. The topological polar surface area (TPSA) is 179 Å². The van der Waals surface area contributed by atoms with Gasteiger partial charge in [0.05, 0.1) is 45.0 Å². The highest BCUT2D eigenvalue weighted by Gasteiger charge is 2.20. The van der Waals surface area contributed by atoms with Gasteiger partial charge in [-0.3, -0.25) is 9.59 Å². The summed E-state index contributed by atoms with van der Waals surface area (Å²) in [4.78, 5) is 37.7. The Bertz CT molecular complexity index is 3180. The second-order valence-corrected chi connectivity index (χ2v) is 16.6. The highest BCUT2D eigenvalue weighted by molar-refractivity contribution is 14.1. The number of aromatic hydroxyl groups is 2. The van der Waals surface area contributed by atoms with E-state index in [2.05, 4.69) is 77.8 Å². The lowest BCUT2D eigenvalue weighted by Gasteiger charge is -2.08. The van der Waals surface area contributed by atoms with Crippen LogP contribution in [-0.4, -0.2) is 70.6 Å². The first-order chi connectivity index (χ1) is 33.5. The van der Waals surface area contributed by atoms with E-state index in [1.807, 2.05) is 167 Å². The van der Waals surface area contributed by atoms with E-state index in [9.17, 15) is 19.8 Å². The molecule has 8 aromatic rings. The lowest BCUT2D eigenvalue weighted by molar-refractivity contribution is -0.116. The van der Waals surface area contributed by atoms with Crippen LogP contribution in [-0.2, 0) is 22.7 Å². The zero-order valence-corrected chi connectivity index (χ0v) is 40.9. The number of halogens is 1. The van der Waals surface area contributed by atoms with Crippen LogP contribution in [0.3, 0.4) is 0 Å². The molecule has 0 bridgehead atoms. The van der Waals surface area contributed by atoms with Crippen LogP contribution in [0, 0.1) is 27.8 Å². The number of carbonyl (C=O) groups excluding carboxylic acids is 2. The fraction of sp³-hybridized carbons (Fsp3) is 0.143. The predicted molar refractivity (Wildman–Crippen MR) is 288 cm³/mol. The highest BCUT2D eigenvalue weighted by Crippen LogP contribution is 2.34. The van der Waals surface area contributed by atoms with E-state index in [0.717, 1.165) is 66.7 Å². The van der Waals surface area contributed by atoms with Crippen LogP contribution in [0.5, 0.6) is 11.8 Å². The van der Waals surface area contributed by atoms with Crippen molar-refractivity contribution in [3.05, 3.63) is 188 Å². The molecule has 2 aromatic heterocycles. The third-order valence-corrected chi connectivity index (χ3v) is 11.0. The molecule has 8 N–H and O–H groups in total. The third-order valence-electron chi connectivity index (χ3n) is 10.3. The Morgan fingerprint density at radius 1 is 0.609 bits per heavy atom. The summed E-state index contributed by atoms with van der Waals surface area (Å²) >= 11 is 2.27. The van der Waals surface area contributed by atoms with Gasteiger partial charge in [0.15, 0.2) is 11.8 Å². The molecule has 0 spiro atoms. The van der Waals surface area contributed by atoms with Crippen molar-refractivity contribution >= 4 is 79.0 Å². The molecule has 2 amide bonds. The van der Waals surface area contributed by atoms with Crippen LogP contribution in [0.25, 0.3) is 21.8 Å². The van der Waals surface area contributed by atoms with Crippen molar-refractivity contribution in [1.29, 1.82) is 0 Å². The van der Waals surface area contributed by atoms with Crippen molar-refractivity contribution in [3.63, 3.8) is 0 Å². The molecular formula is C56H53IN8O4. The van der Waals surface area contributed by atoms with E-state index in [4.69, 9.17) is 16.4 Å². The van der Waals surface area contributed by atoms with E-state index >= 15 is 0 Å². The van der Waals surface area contributed by atoms with Gasteiger partial charge in [-0.15, -0.1) is 6.42 Å². The van der Waals surface area contributed by atoms with Crippen molar-refractivity contribution in [3.8, 4) is 35.9 Å². The summed E-state index contributed by atoms with van der Waals surface area (Å²) in [5.74, 6) is 6.85. The second-order valence-electron chi connectivity index (χ2n) is 15.3. The molecule has 0 fully saturated rings. The number of hydrogen-bond acceptors (Lipinski definition) is 8. The monoisotopic (exact) mass is 1030 g/mol. The van der Waals surface area contributed by atoms with E-state index in [1.54, 1.807) is 0 Å². The molecule has 0 saturated carbocycles. The largest absolute Gasteiger partial charge is 0.494 e. The van der Waals surface area contributed by atoms with Crippen molar-refractivity contribution in [2.24, 2.45) is 9.98 Å². The van der Waals surface area contributed by atoms with Gasteiger partial charge in [0, 0.05) is 63.1 Å². The number of nitrogens with zero attached hydrogens (tertiary/aromatic N) is 2. The lowest BCUT2D eigenvalue weighted by atomic mass is 10.00. The van der Waals surface area contributed by atoms with Gasteiger partial charge in [-0.25, -0.2) is 9.98 Å². The molecule has 8 rings (SSSR count). The maximum Gasteiger partial charge on any atom is 0.296 e. The van der Waals surface area contributed by atoms with Gasteiger partial charge in [0.1, 0.15) is 0 Å². The SMILES string of the molecule is C#CC(=O)NCC.CCNC(=O)C#Cc1ccc2c(C(=Nc3ccc(CNC)cc3)c3ccccc3)c(O)[nH]c2c1.CNCc1ccc(N=C(c2ccccc2)c2c(O)[nH]c3cc(I)ccc23)cc1. The quantitative estimate of drug-likeness (QED) is 0.0343. The van der Waals surface area contributed by atoms with Crippen molar-refractivity contribution in [1.82, 2.24) is 31.2 Å². The summed E-state index contributed by atoms with van der Waals surface area (Å²) in [6.07, 6.45) is 4.70. The van der Waals surface area contributed by atoms with Crippen molar-refractivity contribution in [2.45, 2.75) is 26.9 Å². The number of aromatic amines is 2. The average molecular weight is 1030 g/mol. The van der Waals surface area contributed by atoms with Gasteiger partial charge in [-0.1, -0.05) is 103 Å². The smallest absolute Gasteiger partial charge is 0.296 e. The minimum atomic E-state index is -0.345. The van der Waals surface area contributed by atoms with Crippen LogP contribution < -0.4 is 21.3 Å². The Kier molecular flexibility index (Phi) is 18.5. The number of terminal acetylenes is 1. The zero-order chi connectivity index (χ0) is 49.1. The van der Waals surface area contributed by atoms with Gasteiger partial charge in [0.2, 0.25) is 0 Å². The van der Waals surface area contributed by atoms with Gasteiger partial charge in [-0.2, -0.15) is 0 Å². The van der Waals surface area contributed by atoms with Gasteiger partial charge in [0.25, 0.3) is 11.8 Å². The van der Waals surface area contributed by atoms with E-state index < -0.39 is 0 Å². The van der Waals surface area contributed by atoms with Crippen molar-refractivity contribution in [2.75, 3.05) is 27.2 Å². The van der Waals surface area contributed by atoms with E-state index in [-0.39, 0.29) is 23.6 Å². The molecule has 2 heterocycles. The fourth-order valence-electron chi connectivity index (χ4n) is 7.21. The molecule has 13 heteroatoms. The van der Waals surface area contributed by atoms with Crippen LogP contribution in [0.4, 0.5) is 11.4 Å². The van der Waals surface area contributed by atoms with Gasteiger partial charge in [-0.05, 0) is 116 Å². The Hall–Kier alpha value is -7.95. The fourth-order valence-corrected chi connectivity index (χ4v) is 7.70. The third kappa shape index (κ3) is 13.8. The Balaban J connectivity index is 0.000000202. The molecule has 0 unspecified atom stereocenters. The standard InChI is InChI=1S/C28H26N4O2.C23H20IN3O.C5H7NO/c1-3-30-25(33)16-12-19-11-15-23-24(17-19)32-28(34)26(23)27(21-7-5-4-6-8-21)31-22-13-9-20(10-14-22)18-29-2;1-25-14-15-7-10-18(11-8-15)26-22(16-5-3-2-4-6-16)21-19-12-9-17(24)13-20(19)27-23(21)28;1-3-5(7)6-4-2/h4-11,13-15,17,29,32,34H,3,18H2,1-2H3,(H,30,33);2-13,25,27-28H,14H2,1H3;1H,4H2,2H3,(H,6,7). The Labute approximate surface area is 416 Å². The van der Waals surface area contributed by atoms with Crippen LogP contribution in [0.1, 0.15) is 52.8 Å². The second kappa shape index (κ2) is 25.3. The zero-order valence-electron chi connectivity index (χ0n) is 38.7. The summed E-state index contributed by atoms with van der Waals surface area (Å²) in [5, 5.41) is 34.7. The molecule has 348 valence electrons. The average Bonchev–Trinajstić information content (AvgIpc) is 3.87. The minimum Gasteiger partial charge on any atom is -0.494 e. The Morgan fingerprint density at radius 3 is 1.49 bits per heavy atom. The van der Waals surface area contributed by atoms with Crippen LogP contribution in [0.2, 0.25) is 0 Å². The summed E-state index contributed by atoms with van der Waals surface area (Å²) in [6, 6.07) is 47.5. The molecule has 0 aliphatic carbocycles. The molecular weight excluding hydrogens is 976 g/mol. The number of aromatic nitrogens is 2. The highest BCUT2D eigenvalue weighted by atomic mass is 127. The molecule has 0 aliphatic rings. The predicted octanol–water partition coefficient (Wildman–Crippen LogP) is 9.37. The minimum absolute atomic E-state index is 0.0261. The number of fused-ring (bicyclic) bond motifs is 2. The number of H-pyrrole nitrogens is 2. The van der Waals surface area contributed by atoms with Crippen LogP contribution in [0.15, 0.2) is 156 Å². The van der Waals surface area contributed by atoms with Crippen LogP contribution >= 0.6 is 22.6 Å². The number of amides is 2. The first kappa shape index (κ1) is 50.5. The number of nitrogens with one attached hydrogen (secondary N) is 6. The first-order valence-corrected chi connectivity index (χ1v) is 23.3. The molecule has 0 aliphatic heterocycles. The van der Waals surface area contributed by atoms with Gasteiger partial charge < -0.3 is 41.4 Å². The summed E-state index contributed by atoms with van der Waals surface area (Å²) in [7, 11) is 3.84. The molecule has 0 atom stereocenters. The molecule has 69 heavy (non-hydrogen) atoms. The van der Waals surface area contributed by atoms with E-state index in [0.29, 0.717) is 35.4 Å². The normalized spacial score (nSPS) is 11.0. The van der Waals surface area contributed by atoms with Gasteiger partial charge >= 0.3 is 0 Å². The number of rotatable bonds is 12. The van der Waals surface area contributed by atoms with E-state index in [1.165, 1.54) is 11.1 Å². The number of carbonyl (C=O) groups is 2. The maximum absolute atomic E-state index is 11.7. The Morgan fingerprint density at radius 2 is 1.06 bits per heavy atom. The molecule has 0 saturated heterocycles. The molecule has 12 nitrogen and oxygen atoms in total. The maximum atomic E-state index is 11.7. The summed E-state index contributed by atoms with van der Waals surface area (Å²) < 4.78 is 1.11. The first-order valence-electron chi connectivity index (χ1n) is 22.2. The van der Waals surface area contributed by atoms with Crippen molar-refractivity contribution < 1.29 is 19.8 Å². The molecule has 6 aromatic carbocycles. The lowest BCUT2D eigenvalue weighted by Crippen LogP contribution is -2.20. The summed E-state index contributed by atoms with van der Waals surface area (Å²) in [5.41, 5.74) is 10.9. The number of aliphatic imine (C=N–C) groups is 2. The summed E-state index contributed by atoms with van der Waals surface area (Å²) in [6.45, 7) is 6.39. The number of hydrogen-bond donors (Lipinski definition) is 8.